The maximum Gasteiger partial charge on any atom is 0.322 e. The van der Waals surface area contributed by atoms with Gasteiger partial charge in [0.05, 0.1) is 5.54 Å². The maximum atomic E-state index is 11.8. The number of rotatable bonds is 2. The van der Waals surface area contributed by atoms with Crippen molar-refractivity contribution in [2.45, 2.75) is 18.4 Å². The number of nitrogens with zero attached hydrogens (tertiary/aromatic N) is 1. The molecule has 1 atom stereocenters. The number of urea groups is 1. The molecule has 2 aliphatic rings. The molecule has 3 rings (SSSR count). The highest BCUT2D eigenvalue weighted by Crippen LogP contribution is 2.41. The van der Waals surface area contributed by atoms with E-state index in [0.717, 1.165) is 11.1 Å². The van der Waals surface area contributed by atoms with Crippen LogP contribution in [0.25, 0.3) is 0 Å². The number of likely N-dealkylation sites (N-methyl/N-ethyl adjacent to an activating group) is 1. The largest absolute Gasteiger partial charge is 0.322 e. The summed E-state index contributed by atoms with van der Waals surface area (Å²) < 4.78 is 0. The molecule has 108 valence electrons. The minimum atomic E-state index is -0.679. The number of anilines is 1. The van der Waals surface area contributed by atoms with E-state index in [-0.39, 0.29) is 12.3 Å². The van der Waals surface area contributed by atoms with Crippen molar-refractivity contribution in [2.24, 2.45) is 0 Å². The molecule has 1 aliphatic heterocycles. The molecule has 1 aromatic rings. The van der Waals surface area contributed by atoms with Crippen LogP contribution in [0.15, 0.2) is 30.5 Å². The highest BCUT2D eigenvalue weighted by Gasteiger charge is 2.50. The average molecular weight is 285 g/mol. The number of fused-ring (bicyclic) bond motifs is 1. The average Bonchev–Trinajstić information content (AvgIpc) is 2.93. The van der Waals surface area contributed by atoms with Crippen molar-refractivity contribution in [3.05, 3.63) is 41.6 Å². The Hall–Kier alpha value is -2.63. The SMILES string of the molecule is C=C1NC(=O)N(C)C12Cc1ccc(NC(=O)C=O)cc1C2. The molecular formula is C15H15N3O3. The molecule has 21 heavy (non-hydrogen) atoms. The van der Waals surface area contributed by atoms with Crippen LogP contribution in [0.5, 0.6) is 0 Å². The van der Waals surface area contributed by atoms with Gasteiger partial charge >= 0.3 is 6.03 Å². The Labute approximate surface area is 121 Å². The second kappa shape index (κ2) is 4.44. The molecule has 1 spiro atoms. The second-order valence-corrected chi connectivity index (χ2v) is 5.44. The van der Waals surface area contributed by atoms with E-state index in [0.29, 0.717) is 24.2 Å². The number of nitrogens with one attached hydrogen (secondary N) is 2. The van der Waals surface area contributed by atoms with Crippen molar-refractivity contribution in [2.75, 3.05) is 12.4 Å². The van der Waals surface area contributed by atoms with Crippen LogP contribution < -0.4 is 10.6 Å². The highest BCUT2D eigenvalue weighted by molar-refractivity contribution is 6.29. The van der Waals surface area contributed by atoms with Crippen LogP contribution in [0.4, 0.5) is 10.5 Å². The summed E-state index contributed by atoms with van der Waals surface area (Å²) in [6.07, 6.45) is 1.57. The monoisotopic (exact) mass is 285 g/mol. The van der Waals surface area contributed by atoms with Crippen molar-refractivity contribution in [3.8, 4) is 0 Å². The van der Waals surface area contributed by atoms with Gasteiger partial charge in [0.15, 0.2) is 0 Å². The van der Waals surface area contributed by atoms with E-state index in [1.165, 1.54) is 0 Å². The molecule has 0 aromatic heterocycles. The van der Waals surface area contributed by atoms with Gasteiger partial charge in [0, 0.05) is 31.3 Å². The third-order valence-corrected chi connectivity index (χ3v) is 4.31. The zero-order valence-corrected chi connectivity index (χ0v) is 11.6. The third kappa shape index (κ3) is 1.91. The van der Waals surface area contributed by atoms with Crippen molar-refractivity contribution < 1.29 is 14.4 Å². The summed E-state index contributed by atoms with van der Waals surface area (Å²) in [6.45, 7) is 3.97. The summed E-state index contributed by atoms with van der Waals surface area (Å²) in [4.78, 5) is 35.0. The predicted molar refractivity (Wildman–Crippen MR) is 76.7 cm³/mol. The van der Waals surface area contributed by atoms with Gasteiger partial charge in [-0.15, -0.1) is 0 Å². The quantitative estimate of drug-likeness (QED) is 0.624. The summed E-state index contributed by atoms with van der Waals surface area (Å²) in [6, 6.07) is 5.36. The zero-order valence-electron chi connectivity index (χ0n) is 11.6. The van der Waals surface area contributed by atoms with Gasteiger partial charge in [-0.1, -0.05) is 12.6 Å². The molecule has 1 fully saturated rings. The van der Waals surface area contributed by atoms with Gasteiger partial charge in [0.25, 0.3) is 5.91 Å². The molecule has 0 saturated carbocycles. The molecule has 1 heterocycles. The van der Waals surface area contributed by atoms with Crippen LogP contribution in [-0.4, -0.2) is 35.7 Å². The van der Waals surface area contributed by atoms with Gasteiger partial charge in [-0.2, -0.15) is 0 Å². The summed E-state index contributed by atoms with van der Waals surface area (Å²) >= 11 is 0. The van der Waals surface area contributed by atoms with Crippen molar-refractivity contribution in [1.82, 2.24) is 10.2 Å². The first-order chi connectivity index (χ1) is 9.96. The lowest BCUT2D eigenvalue weighted by atomic mass is 9.92. The molecule has 1 aromatic carbocycles. The molecule has 0 radical (unpaired) electrons. The molecule has 6 nitrogen and oxygen atoms in total. The van der Waals surface area contributed by atoms with Crippen LogP contribution in [0.3, 0.4) is 0 Å². The van der Waals surface area contributed by atoms with E-state index < -0.39 is 11.4 Å². The normalized spacial score (nSPS) is 23.2. The zero-order chi connectivity index (χ0) is 15.2. The molecule has 1 aliphatic carbocycles. The van der Waals surface area contributed by atoms with Crippen LogP contribution in [0.1, 0.15) is 11.1 Å². The lowest BCUT2D eigenvalue weighted by Crippen LogP contribution is -2.44. The number of amides is 3. The predicted octanol–water partition coefficient (Wildman–Crippen LogP) is 0.830. The van der Waals surface area contributed by atoms with Gasteiger partial charge in [0.1, 0.15) is 0 Å². The van der Waals surface area contributed by atoms with E-state index in [1.54, 1.807) is 18.0 Å². The van der Waals surface area contributed by atoms with Crippen LogP contribution >= 0.6 is 0 Å². The summed E-state index contributed by atoms with van der Waals surface area (Å²) in [5.74, 6) is -0.679. The molecule has 1 saturated heterocycles. The lowest BCUT2D eigenvalue weighted by molar-refractivity contribution is -0.127. The van der Waals surface area contributed by atoms with E-state index >= 15 is 0 Å². The van der Waals surface area contributed by atoms with E-state index in [9.17, 15) is 14.4 Å². The fourth-order valence-corrected chi connectivity index (χ4v) is 3.08. The summed E-state index contributed by atoms with van der Waals surface area (Å²) in [5.41, 5.74) is 3.00. The minimum absolute atomic E-state index is 0.151. The van der Waals surface area contributed by atoms with Gasteiger partial charge < -0.3 is 15.5 Å². The molecule has 0 bridgehead atoms. The Morgan fingerprint density at radius 1 is 1.43 bits per heavy atom. The first-order valence-electron chi connectivity index (χ1n) is 6.58. The number of carbonyl (C=O) groups excluding carboxylic acids is 3. The Balaban J connectivity index is 1.91. The standard InChI is InChI=1S/C15H15N3O3/c1-9-15(18(2)14(21)16-9)6-10-3-4-12(5-11(10)7-15)17-13(20)8-19/h3-5,8H,1,6-7H2,2H3,(H,16,21)(H,17,20). The number of benzene rings is 1. The molecule has 2 N–H and O–H groups in total. The van der Waals surface area contributed by atoms with E-state index in [1.807, 2.05) is 12.1 Å². The Bertz CT molecular complexity index is 683. The Morgan fingerprint density at radius 2 is 2.14 bits per heavy atom. The van der Waals surface area contributed by atoms with E-state index in [4.69, 9.17) is 0 Å². The first kappa shape index (κ1) is 13.4. The smallest absolute Gasteiger partial charge is 0.320 e. The number of hydrogen-bond acceptors (Lipinski definition) is 3. The summed E-state index contributed by atoms with van der Waals surface area (Å²) in [5, 5.41) is 5.27. The van der Waals surface area contributed by atoms with Gasteiger partial charge in [0.2, 0.25) is 6.29 Å². The van der Waals surface area contributed by atoms with Gasteiger partial charge in [-0.05, 0) is 23.3 Å². The topological polar surface area (TPSA) is 78.5 Å². The number of carbonyl (C=O) groups is 3. The molecule has 3 amide bonds. The van der Waals surface area contributed by atoms with Gasteiger partial charge in [-0.25, -0.2) is 4.79 Å². The van der Waals surface area contributed by atoms with Crippen LogP contribution in [0.2, 0.25) is 0 Å². The minimum Gasteiger partial charge on any atom is -0.320 e. The summed E-state index contributed by atoms with van der Waals surface area (Å²) in [7, 11) is 1.76. The first-order valence-corrected chi connectivity index (χ1v) is 6.58. The van der Waals surface area contributed by atoms with Crippen molar-refractivity contribution in [3.63, 3.8) is 0 Å². The molecule has 6 heteroatoms. The lowest BCUT2D eigenvalue weighted by Gasteiger charge is -2.30. The van der Waals surface area contributed by atoms with Crippen molar-refractivity contribution >= 4 is 23.9 Å². The number of aldehydes is 1. The van der Waals surface area contributed by atoms with Crippen molar-refractivity contribution in [1.29, 1.82) is 0 Å². The number of hydrogen-bond donors (Lipinski definition) is 2. The maximum absolute atomic E-state index is 11.8. The fourth-order valence-electron chi connectivity index (χ4n) is 3.08. The van der Waals surface area contributed by atoms with E-state index in [2.05, 4.69) is 17.2 Å². The van der Waals surface area contributed by atoms with Crippen LogP contribution in [-0.2, 0) is 22.4 Å². The van der Waals surface area contributed by atoms with Crippen LogP contribution in [0, 0.1) is 0 Å². The Kier molecular flexibility index (Phi) is 2.83. The Morgan fingerprint density at radius 3 is 2.76 bits per heavy atom. The molecule has 1 unspecified atom stereocenters. The molecular weight excluding hydrogens is 270 g/mol. The van der Waals surface area contributed by atoms with Gasteiger partial charge in [-0.3, -0.25) is 9.59 Å². The second-order valence-electron chi connectivity index (χ2n) is 5.44. The highest BCUT2D eigenvalue weighted by atomic mass is 16.2. The third-order valence-electron chi connectivity index (χ3n) is 4.31. The fraction of sp³-hybridized carbons (Fsp3) is 0.267.